The predicted molar refractivity (Wildman–Crippen MR) is 89.4 cm³/mol. The van der Waals surface area contributed by atoms with Gasteiger partial charge in [-0.05, 0) is 19.8 Å². The number of hydrogen-bond acceptors (Lipinski definition) is 3. The minimum atomic E-state index is -5.98. The zero-order chi connectivity index (χ0) is 24.6. The van der Waals surface area contributed by atoms with E-state index in [4.69, 9.17) is 0 Å². The van der Waals surface area contributed by atoms with Gasteiger partial charge in [-0.25, -0.2) is 22.0 Å². The highest BCUT2D eigenvalue weighted by Gasteiger charge is 2.70. The third-order valence-corrected chi connectivity index (χ3v) is 5.91. The van der Waals surface area contributed by atoms with Crippen LogP contribution in [-0.4, -0.2) is 80.3 Å². The smallest absolute Gasteiger partial charge is 0.378 e. The Hall–Kier alpha value is -0.890. The summed E-state index contributed by atoms with van der Waals surface area (Å²) in [6.07, 6.45) is -20.8. The second-order valence-electron chi connectivity index (χ2n) is 8.45. The van der Waals surface area contributed by atoms with Crippen molar-refractivity contribution in [2.24, 2.45) is 5.41 Å². The van der Waals surface area contributed by atoms with Crippen LogP contribution in [0.2, 0.25) is 0 Å². The van der Waals surface area contributed by atoms with Gasteiger partial charge in [0.25, 0.3) is 17.8 Å². The average Bonchev–Trinajstić information content (AvgIpc) is 3.06. The van der Waals surface area contributed by atoms with Gasteiger partial charge in [-0.15, -0.1) is 0 Å². The summed E-state index contributed by atoms with van der Waals surface area (Å²) in [5, 5.41) is 0. The summed E-state index contributed by atoms with van der Waals surface area (Å²) in [7, 11) is 0. The molecule has 0 saturated carbocycles. The fraction of sp³-hybridized carbons (Fsp3) is 1.00. The lowest BCUT2D eigenvalue weighted by Crippen LogP contribution is -2.64. The molecule has 0 amide bonds. The summed E-state index contributed by atoms with van der Waals surface area (Å²) in [6, 6.07) is 0. The van der Waals surface area contributed by atoms with Gasteiger partial charge >= 0.3 is 12.4 Å². The Morgan fingerprint density at radius 2 is 1.38 bits per heavy atom. The molecule has 0 spiro atoms. The molecule has 32 heavy (non-hydrogen) atoms. The maximum absolute atomic E-state index is 15.4. The van der Waals surface area contributed by atoms with Crippen molar-refractivity contribution in [3.63, 3.8) is 0 Å². The first-order valence-corrected chi connectivity index (χ1v) is 9.90. The summed E-state index contributed by atoms with van der Waals surface area (Å²) >= 11 is 0. The number of likely N-dealkylation sites (tertiary alicyclic amines) is 1. The largest absolute Gasteiger partial charge is 0.429 e. The van der Waals surface area contributed by atoms with Crippen molar-refractivity contribution in [2.75, 3.05) is 32.9 Å². The van der Waals surface area contributed by atoms with E-state index in [1.165, 1.54) is 0 Å². The van der Waals surface area contributed by atoms with Crippen LogP contribution >= 0.6 is 0 Å². The zero-order valence-electron chi connectivity index (χ0n) is 17.0. The van der Waals surface area contributed by atoms with Gasteiger partial charge in [0.1, 0.15) is 6.10 Å². The minimum absolute atomic E-state index is 0.193. The van der Waals surface area contributed by atoms with Gasteiger partial charge in [0.2, 0.25) is 0 Å². The Labute approximate surface area is 177 Å². The van der Waals surface area contributed by atoms with E-state index in [9.17, 15) is 43.9 Å². The molecule has 0 aromatic rings. The number of hydrogen-bond donors (Lipinski definition) is 0. The first-order valence-electron chi connectivity index (χ1n) is 9.90. The maximum Gasteiger partial charge on any atom is 0.429 e. The molecule has 0 aromatic carbocycles. The van der Waals surface area contributed by atoms with Gasteiger partial charge in [-0.1, -0.05) is 12.8 Å². The van der Waals surface area contributed by atoms with Crippen LogP contribution in [0.25, 0.3) is 0 Å². The van der Waals surface area contributed by atoms with E-state index in [-0.39, 0.29) is 13.1 Å². The fourth-order valence-corrected chi connectivity index (χ4v) is 3.77. The van der Waals surface area contributed by atoms with Gasteiger partial charge in [-0.2, -0.15) is 26.3 Å². The van der Waals surface area contributed by atoms with Crippen LogP contribution in [-0.2, 0) is 9.47 Å². The second-order valence-corrected chi connectivity index (χ2v) is 8.45. The molecule has 5 unspecified atom stereocenters. The lowest BCUT2D eigenvalue weighted by atomic mass is 9.82. The van der Waals surface area contributed by atoms with Gasteiger partial charge in [0.15, 0.2) is 6.30 Å². The summed E-state index contributed by atoms with van der Waals surface area (Å²) in [4.78, 5) is 0.629. The van der Waals surface area contributed by atoms with Crippen LogP contribution in [0.3, 0.4) is 0 Å². The summed E-state index contributed by atoms with van der Waals surface area (Å²) in [5.41, 5.74) is -7.82. The quantitative estimate of drug-likeness (QED) is 0.378. The van der Waals surface area contributed by atoms with Gasteiger partial charge in [-0.3, -0.25) is 4.90 Å². The van der Waals surface area contributed by atoms with Crippen molar-refractivity contribution < 1.29 is 57.8 Å². The molecule has 190 valence electrons. The number of halogens is 11. The second kappa shape index (κ2) is 9.40. The van der Waals surface area contributed by atoms with E-state index in [0.717, 1.165) is 0 Å². The van der Waals surface area contributed by atoms with Crippen molar-refractivity contribution in [1.82, 2.24) is 4.90 Å². The van der Waals surface area contributed by atoms with Crippen LogP contribution in [0, 0.1) is 5.41 Å². The highest BCUT2D eigenvalue weighted by Crippen LogP contribution is 2.50. The van der Waals surface area contributed by atoms with E-state index in [1.54, 1.807) is 0 Å². The Morgan fingerprint density at radius 3 is 1.84 bits per heavy atom. The molecule has 0 N–H and O–H groups in total. The Morgan fingerprint density at radius 1 is 0.844 bits per heavy atom. The summed E-state index contributed by atoms with van der Waals surface area (Å²) in [6.45, 7) is -4.36. The first kappa shape index (κ1) is 27.4. The molecular formula is C18H24F11NO2. The highest BCUT2D eigenvalue weighted by atomic mass is 19.4. The molecule has 2 rings (SSSR count). The summed E-state index contributed by atoms with van der Waals surface area (Å²) < 4.78 is 160. The van der Waals surface area contributed by atoms with Crippen LogP contribution in [0.4, 0.5) is 48.3 Å². The highest BCUT2D eigenvalue weighted by molar-refractivity contribution is 5.04. The molecule has 2 aliphatic heterocycles. The summed E-state index contributed by atoms with van der Waals surface area (Å²) in [5.74, 6) is -5.18. The van der Waals surface area contributed by atoms with Gasteiger partial charge in [0, 0.05) is 13.1 Å². The molecule has 2 heterocycles. The normalized spacial score (nSPS) is 31.3. The van der Waals surface area contributed by atoms with Gasteiger partial charge < -0.3 is 9.47 Å². The predicted octanol–water partition coefficient (Wildman–Crippen LogP) is 5.39. The Kier molecular flexibility index (Phi) is 8.03. The molecular weight excluding hydrogens is 471 g/mol. The van der Waals surface area contributed by atoms with E-state index in [0.29, 0.717) is 37.5 Å². The minimum Gasteiger partial charge on any atom is -0.378 e. The fourth-order valence-electron chi connectivity index (χ4n) is 3.77. The number of ether oxygens (including phenoxy) is 2. The first-order chi connectivity index (χ1) is 14.5. The number of rotatable bonds is 5. The topological polar surface area (TPSA) is 21.7 Å². The molecule has 3 nitrogen and oxygen atoms in total. The van der Waals surface area contributed by atoms with Crippen molar-refractivity contribution in [3.05, 3.63) is 0 Å². The SMILES string of the molecule is CC1(C(F)(F)C(F)C(F)(F)F)COCC(C(F)(C(F)N2CCCCCC2)C(F)(F)F)OC1. The maximum atomic E-state index is 15.4. The van der Waals surface area contributed by atoms with E-state index in [1.807, 2.05) is 0 Å². The van der Waals surface area contributed by atoms with Crippen molar-refractivity contribution in [1.29, 1.82) is 0 Å². The van der Waals surface area contributed by atoms with Gasteiger partial charge in [0.05, 0.1) is 25.2 Å². The van der Waals surface area contributed by atoms with Crippen LogP contribution in [0.15, 0.2) is 0 Å². The number of nitrogens with zero attached hydrogens (tertiary/aromatic N) is 1. The third kappa shape index (κ3) is 5.11. The molecule has 2 saturated heterocycles. The molecule has 5 atom stereocenters. The standard InChI is InChI=1S/C18H24F11NO2/c1-14(16(22,23)12(19)17(24,25)26)9-31-8-11(32-10-14)15(21,18(27,28)29)13(20)30-6-4-2-3-5-7-30/h11-13H,2-10H2,1H3. The zero-order valence-corrected chi connectivity index (χ0v) is 17.0. The molecule has 0 aliphatic carbocycles. The lowest BCUT2D eigenvalue weighted by Gasteiger charge is -2.41. The van der Waals surface area contributed by atoms with E-state index in [2.05, 4.69) is 9.47 Å². The van der Waals surface area contributed by atoms with Crippen molar-refractivity contribution in [3.8, 4) is 0 Å². The van der Waals surface area contributed by atoms with Crippen LogP contribution < -0.4 is 0 Å². The van der Waals surface area contributed by atoms with Crippen molar-refractivity contribution in [2.45, 2.75) is 75.1 Å². The molecule has 0 bridgehead atoms. The third-order valence-electron chi connectivity index (χ3n) is 5.91. The number of alkyl halides is 11. The molecule has 0 aromatic heterocycles. The Bertz CT molecular complexity index is 621. The van der Waals surface area contributed by atoms with E-state index >= 15 is 4.39 Å². The lowest BCUT2D eigenvalue weighted by molar-refractivity contribution is -0.309. The monoisotopic (exact) mass is 495 g/mol. The Balaban J connectivity index is 2.31. The molecule has 14 heteroatoms. The van der Waals surface area contributed by atoms with Crippen molar-refractivity contribution >= 4 is 0 Å². The molecule has 2 aliphatic rings. The average molecular weight is 495 g/mol. The molecule has 2 fully saturated rings. The van der Waals surface area contributed by atoms with Crippen LogP contribution in [0.1, 0.15) is 32.6 Å². The van der Waals surface area contributed by atoms with E-state index < -0.39 is 67.8 Å². The molecule has 0 radical (unpaired) electrons. The van der Waals surface area contributed by atoms with Crippen LogP contribution in [0.5, 0.6) is 0 Å².